The summed E-state index contributed by atoms with van der Waals surface area (Å²) in [4.78, 5) is 0. The molecule has 3 aromatic carbocycles. The minimum Gasteiger partial charge on any atom is -0.444 e. The highest BCUT2D eigenvalue weighted by Gasteiger charge is 2.51. The highest BCUT2D eigenvalue weighted by atomic mass is 19.2. The van der Waals surface area contributed by atoms with Gasteiger partial charge in [-0.3, -0.25) is 0 Å². The zero-order valence-electron chi connectivity index (χ0n) is 16.7. The third-order valence-corrected chi connectivity index (χ3v) is 4.89. The van der Waals surface area contributed by atoms with Crippen molar-refractivity contribution in [3.05, 3.63) is 88.0 Å². The Morgan fingerprint density at radius 1 is 0.333 bits per heavy atom. The van der Waals surface area contributed by atoms with E-state index in [-0.39, 0.29) is 18.2 Å². The smallest absolute Gasteiger partial charge is 0.444 e. The molecule has 1 aliphatic heterocycles. The van der Waals surface area contributed by atoms with Crippen molar-refractivity contribution in [1.29, 1.82) is 0 Å². The van der Waals surface area contributed by atoms with Crippen molar-refractivity contribution in [2.75, 3.05) is 0 Å². The second kappa shape index (κ2) is 9.40. The zero-order valence-corrected chi connectivity index (χ0v) is 16.7. The molecular weight excluding hydrogens is 525 g/mol. The van der Waals surface area contributed by atoms with Crippen LogP contribution in [0.1, 0.15) is 0 Å². The summed E-state index contributed by atoms with van der Waals surface area (Å²) in [7, 11) is -8.77. The number of benzene rings is 3. The van der Waals surface area contributed by atoms with Crippen LogP contribution in [0.5, 0.6) is 0 Å². The maximum absolute atomic E-state index is 14.3. The van der Waals surface area contributed by atoms with Crippen LogP contribution in [0.15, 0.2) is 18.2 Å². The van der Waals surface area contributed by atoms with Crippen molar-refractivity contribution in [1.82, 2.24) is 0 Å². The Kier molecular flexibility index (Phi) is 6.78. The summed E-state index contributed by atoms with van der Waals surface area (Å²) in [5.41, 5.74) is -5.50. The van der Waals surface area contributed by atoms with Gasteiger partial charge in [-0.15, -0.1) is 0 Å². The van der Waals surface area contributed by atoms with Crippen molar-refractivity contribution in [2.45, 2.75) is 0 Å². The van der Waals surface area contributed by atoms with Gasteiger partial charge < -0.3 is 13.7 Å². The Morgan fingerprint density at radius 3 is 0.667 bits per heavy atom. The first-order valence-electron chi connectivity index (χ1n) is 9.28. The predicted octanol–water partition coefficient (Wildman–Crippen LogP) is 2.91. The fourth-order valence-electron chi connectivity index (χ4n) is 3.24. The van der Waals surface area contributed by atoms with Gasteiger partial charge in [0.05, 0.1) is 16.4 Å². The molecule has 0 spiro atoms. The Labute approximate surface area is 193 Å². The van der Waals surface area contributed by atoms with Crippen LogP contribution in [-0.4, -0.2) is 21.4 Å². The van der Waals surface area contributed by atoms with Gasteiger partial charge in [-0.1, -0.05) is 0 Å². The molecule has 18 heteroatoms. The van der Waals surface area contributed by atoms with Crippen molar-refractivity contribution < 1.29 is 66.4 Å². The molecule has 0 bridgehead atoms. The molecule has 36 heavy (non-hydrogen) atoms. The lowest BCUT2D eigenvalue weighted by Gasteiger charge is -2.32. The van der Waals surface area contributed by atoms with Gasteiger partial charge in [0.15, 0.2) is 69.8 Å². The van der Waals surface area contributed by atoms with Gasteiger partial charge in [0.1, 0.15) is 0 Å². The second-order valence-corrected chi connectivity index (χ2v) is 7.05. The van der Waals surface area contributed by atoms with E-state index in [1.165, 1.54) is 0 Å². The predicted molar refractivity (Wildman–Crippen MR) is 98.2 cm³/mol. The average molecular weight is 528 g/mol. The molecule has 1 fully saturated rings. The molecule has 1 heterocycles. The van der Waals surface area contributed by atoms with E-state index in [1.54, 1.807) is 0 Å². The SMILES string of the molecule is Fc1cc(F)c(F)c(B2OB(c3c(F)c(F)cc(F)c3F)OB(c3c(F)c(F)cc(F)c3F)O2)c1F. The van der Waals surface area contributed by atoms with Crippen molar-refractivity contribution in [3.8, 4) is 0 Å². The van der Waals surface area contributed by atoms with Crippen LogP contribution in [-0.2, 0) is 13.7 Å². The summed E-state index contributed by atoms with van der Waals surface area (Å²) in [5.74, 6) is -25.9. The fourth-order valence-corrected chi connectivity index (χ4v) is 3.24. The van der Waals surface area contributed by atoms with E-state index in [0.29, 0.717) is 0 Å². The molecule has 0 saturated carbocycles. The fraction of sp³-hybridized carbons (Fsp3) is 0. The van der Waals surface area contributed by atoms with E-state index in [4.69, 9.17) is 13.7 Å². The summed E-state index contributed by atoms with van der Waals surface area (Å²) >= 11 is 0. The molecule has 0 radical (unpaired) electrons. The first kappa shape index (κ1) is 26.0. The van der Waals surface area contributed by atoms with E-state index >= 15 is 0 Å². The molecule has 4 rings (SSSR count). The van der Waals surface area contributed by atoms with Crippen LogP contribution in [0.3, 0.4) is 0 Å². The van der Waals surface area contributed by atoms with Gasteiger partial charge in [0.25, 0.3) is 0 Å². The van der Waals surface area contributed by atoms with Crippen LogP contribution < -0.4 is 16.4 Å². The maximum atomic E-state index is 14.3. The summed E-state index contributed by atoms with van der Waals surface area (Å²) in [5, 5.41) is 0. The highest BCUT2D eigenvalue weighted by molar-refractivity contribution is 6.87. The molecule has 0 N–H and O–H groups in total. The summed E-state index contributed by atoms with van der Waals surface area (Å²) in [6, 6.07) is -0.818. The van der Waals surface area contributed by atoms with E-state index in [9.17, 15) is 52.7 Å². The van der Waals surface area contributed by atoms with E-state index in [1.807, 2.05) is 0 Å². The quantitative estimate of drug-likeness (QED) is 0.298. The first-order chi connectivity index (χ1) is 16.8. The van der Waals surface area contributed by atoms with Crippen LogP contribution in [0, 0.1) is 69.8 Å². The van der Waals surface area contributed by atoms with Crippen LogP contribution in [0.25, 0.3) is 0 Å². The van der Waals surface area contributed by atoms with Crippen LogP contribution in [0.4, 0.5) is 52.7 Å². The molecule has 0 unspecified atom stereocenters. The average Bonchev–Trinajstić information content (AvgIpc) is 2.81. The van der Waals surface area contributed by atoms with Gasteiger partial charge in [-0.05, 0) is 0 Å². The maximum Gasteiger partial charge on any atom is 0.473 e. The number of halogens is 12. The minimum absolute atomic E-state index is 0.273. The molecule has 0 aromatic heterocycles. The number of hydrogen-bond acceptors (Lipinski definition) is 3. The van der Waals surface area contributed by atoms with E-state index in [2.05, 4.69) is 0 Å². The molecule has 0 aliphatic carbocycles. The molecular formula is C18H3B3F12O3. The Hall–Kier alpha value is -3.11. The van der Waals surface area contributed by atoms with E-state index in [0.717, 1.165) is 0 Å². The standard InChI is InChI=1S/C18H3B3F12O3/c22-4-1-5(23)14(29)10(13(4)28)19-34-20(11-15(30)6(24)2-7(25)16(11)31)36-21(35-19)12-17(32)8(26)3-9(27)18(12)33/h1-3H. The third kappa shape index (κ3) is 4.22. The topological polar surface area (TPSA) is 27.7 Å². The van der Waals surface area contributed by atoms with Crippen LogP contribution in [0.2, 0.25) is 0 Å². The van der Waals surface area contributed by atoms with Crippen LogP contribution >= 0.6 is 0 Å². The Balaban J connectivity index is 1.95. The minimum atomic E-state index is -2.92. The Morgan fingerprint density at radius 2 is 0.500 bits per heavy atom. The molecule has 1 saturated heterocycles. The lowest BCUT2D eigenvalue weighted by molar-refractivity contribution is 0.299. The molecule has 1 aliphatic rings. The highest BCUT2D eigenvalue weighted by Crippen LogP contribution is 2.21. The van der Waals surface area contributed by atoms with Gasteiger partial charge in [0, 0.05) is 18.2 Å². The van der Waals surface area contributed by atoms with Crippen molar-refractivity contribution >= 4 is 37.7 Å². The second-order valence-electron chi connectivity index (χ2n) is 7.05. The third-order valence-electron chi connectivity index (χ3n) is 4.89. The monoisotopic (exact) mass is 528 g/mol. The molecule has 3 aromatic rings. The summed E-state index contributed by atoms with van der Waals surface area (Å²) in [6.07, 6.45) is 0. The van der Waals surface area contributed by atoms with Crippen molar-refractivity contribution in [2.24, 2.45) is 0 Å². The Bertz CT molecular complexity index is 1140. The number of rotatable bonds is 3. The van der Waals surface area contributed by atoms with Crippen molar-refractivity contribution in [3.63, 3.8) is 0 Å². The lowest BCUT2D eigenvalue weighted by atomic mass is 9.60. The molecule has 0 atom stereocenters. The zero-order chi connectivity index (χ0) is 26.6. The molecule has 0 amide bonds. The summed E-state index contributed by atoms with van der Waals surface area (Å²) in [6.45, 7) is 0. The van der Waals surface area contributed by atoms with Gasteiger partial charge in [0.2, 0.25) is 0 Å². The first-order valence-corrected chi connectivity index (χ1v) is 9.28. The number of hydrogen-bond donors (Lipinski definition) is 0. The van der Waals surface area contributed by atoms with E-state index < -0.39 is 108 Å². The van der Waals surface area contributed by atoms with Gasteiger partial charge in [-0.25, -0.2) is 52.7 Å². The van der Waals surface area contributed by atoms with Gasteiger partial charge in [-0.2, -0.15) is 0 Å². The molecule has 186 valence electrons. The largest absolute Gasteiger partial charge is 0.473 e. The normalized spacial score (nSPS) is 14.2. The lowest BCUT2D eigenvalue weighted by Crippen LogP contribution is -2.64. The van der Waals surface area contributed by atoms with Gasteiger partial charge >= 0.3 is 21.4 Å². The summed E-state index contributed by atoms with van der Waals surface area (Å²) < 4.78 is 182. The molecule has 3 nitrogen and oxygen atoms in total.